The fraction of sp³-hybridized carbons (Fsp3) is 0.538. The van der Waals surface area contributed by atoms with Crippen molar-refractivity contribution in [2.75, 3.05) is 25.5 Å². The third-order valence-electron chi connectivity index (χ3n) is 3.44. The number of likely N-dealkylation sites (tertiary alicyclic amines) is 1. The zero-order valence-electron chi connectivity index (χ0n) is 11.0. The first-order valence-electron chi connectivity index (χ1n) is 6.45. The first-order valence-corrected chi connectivity index (χ1v) is 6.45. The van der Waals surface area contributed by atoms with Gasteiger partial charge in [0.1, 0.15) is 0 Å². The maximum Gasteiger partial charge on any atom is 0.269 e. The number of β-amino-alcohol motifs (C(OH)–C–C–N with tert-alkyl or cyclic N) is 1. The monoisotopic (exact) mass is 265 g/mol. The summed E-state index contributed by atoms with van der Waals surface area (Å²) in [6.45, 7) is 2.17. The average Bonchev–Trinajstić information content (AvgIpc) is 2.38. The quantitative estimate of drug-likeness (QED) is 0.638. The van der Waals surface area contributed by atoms with E-state index in [1.165, 1.54) is 6.07 Å². The van der Waals surface area contributed by atoms with Gasteiger partial charge in [-0.2, -0.15) is 0 Å². The van der Waals surface area contributed by atoms with Gasteiger partial charge >= 0.3 is 0 Å². The van der Waals surface area contributed by atoms with Crippen molar-refractivity contribution < 1.29 is 10.0 Å². The summed E-state index contributed by atoms with van der Waals surface area (Å²) in [7, 11) is 1.80. The fourth-order valence-corrected chi connectivity index (χ4v) is 2.48. The van der Waals surface area contributed by atoms with E-state index in [4.69, 9.17) is 0 Å². The summed E-state index contributed by atoms with van der Waals surface area (Å²) >= 11 is 0. The van der Waals surface area contributed by atoms with Crippen molar-refractivity contribution in [2.24, 2.45) is 0 Å². The summed E-state index contributed by atoms with van der Waals surface area (Å²) in [4.78, 5) is 12.6. The van der Waals surface area contributed by atoms with Crippen molar-refractivity contribution in [2.45, 2.75) is 25.5 Å². The molecule has 1 saturated heterocycles. The predicted molar refractivity (Wildman–Crippen MR) is 73.2 cm³/mol. The van der Waals surface area contributed by atoms with Crippen LogP contribution in [0.5, 0.6) is 0 Å². The van der Waals surface area contributed by atoms with E-state index >= 15 is 0 Å². The van der Waals surface area contributed by atoms with Crippen molar-refractivity contribution in [1.82, 2.24) is 4.90 Å². The molecule has 19 heavy (non-hydrogen) atoms. The van der Waals surface area contributed by atoms with Crippen molar-refractivity contribution in [3.8, 4) is 0 Å². The van der Waals surface area contributed by atoms with Crippen LogP contribution in [0, 0.1) is 10.1 Å². The molecular formula is C13H19N3O3. The normalized spacial score (nSPS) is 20.2. The summed E-state index contributed by atoms with van der Waals surface area (Å²) in [6, 6.07) is 4.83. The molecule has 0 saturated carbocycles. The van der Waals surface area contributed by atoms with E-state index in [0.717, 1.165) is 30.6 Å². The Morgan fingerprint density at radius 2 is 2.37 bits per heavy atom. The Kier molecular flexibility index (Phi) is 4.34. The lowest BCUT2D eigenvalue weighted by molar-refractivity contribution is -0.384. The number of piperidine rings is 1. The van der Waals surface area contributed by atoms with E-state index in [1.54, 1.807) is 19.2 Å². The Hall–Kier alpha value is -1.66. The van der Waals surface area contributed by atoms with E-state index in [2.05, 4.69) is 10.2 Å². The minimum Gasteiger partial charge on any atom is -0.392 e. The molecule has 1 atom stereocenters. The number of benzene rings is 1. The number of non-ortho nitro benzene ring substituents is 1. The zero-order valence-corrected chi connectivity index (χ0v) is 11.0. The fourth-order valence-electron chi connectivity index (χ4n) is 2.48. The van der Waals surface area contributed by atoms with Crippen molar-refractivity contribution >= 4 is 11.4 Å². The van der Waals surface area contributed by atoms with Crippen molar-refractivity contribution in [1.29, 1.82) is 0 Å². The Morgan fingerprint density at radius 3 is 3.00 bits per heavy atom. The summed E-state index contributed by atoms with van der Waals surface area (Å²) in [5, 5.41) is 23.5. The average molecular weight is 265 g/mol. The molecule has 0 amide bonds. The largest absolute Gasteiger partial charge is 0.392 e. The van der Waals surface area contributed by atoms with Crippen molar-refractivity contribution in [3.63, 3.8) is 0 Å². The number of anilines is 1. The molecule has 1 aromatic rings. The van der Waals surface area contributed by atoms with Gasteiger partial charge in [0.15, 0.2) is 0 Å². The molecule has 0 spiro atoms. The highest BCUT2D eigenvalue weighted by Gasteiger charge is 2.19. The maximum atomic E-state index is 10.8. The zero-order chi connectivity index (χ0) is 13.8. The molecule has 0 aliphatic carbocycles. The third-order valence-corrected chi connectivity index (χ3v) is 3.44. The van der Waals surface area contributed by atoms with Crippen LogP contribution in [0.25, 0.3) is 0 Å². The van der Waals surface area contributed by atoms with Gasteiger partial charge in [-0.05, 0) is 31.0 Å². The van der Waals surface area contributed by atoms with Gasteiger partial charge in [-0.3, -0.25) is 15.0 Å². The third kappa shape index (κ3) is 3.42. The van der Waals surface area contributed by atoms with E-state index in [0.29, 0.717) is 13.1 Å². The molecule has 1 aliphatic heterocycles. The molecule has 104 valence electrons. The van der Waals surface area contributed by atoms with Gasteiger partial charge in [0.2, 0.25) is 0 Å². The Balaban J connectivity index is 2.17. The molecule has 1 fully saturated rings. The minimum atomic E-state index is -0.381. The topological polar surface area (TPSA) is 78.6 Å². The molecule has 1 aromatic carbocycles. The SMILES string of the molecule is CNc1ccc([N+](=O)[O-])cc1CN1CCCC(O)C1. The molecule has 1 aliphatic rings. The molecule has 1 unspecified atom stereocenters. The molecular weight excluding hydrogens is 246 g/mol. The molecule has 1 heterocycles. The first-order chi connectivity index (χ1) is 9.10. The van der Waals surface area contributed by atoms with E-state index in [9.17, 15) is 15.2 Å². The van der Waals surface area contributed by atoms with Gasteiger partial charge in [0.25, 0.3) is 5.69 Å². The summed E-state index contributed by atoms with van der Waals surface area (Å²) < 4.78 is 0. The number of nitro groups is 1. The standard InChI is InChI=1S/C13H19N3O3/c1-14-13-5-4-11(16(18)19)7-10(13)8-15-6-2-3-12(17)9-15/h4-5,7,12,14,17H,2-3,6,8-9H2,1H3. The van der Waals surface area contributed by atoms with Crippen LogP contribution in [0.1, 0.15) is 18.4 Å². The molecule has 2 rings (SSSR count). The second kappa shape index (κ2) is 5.99. The van der Waals surface area contributed by atoms with Crippen LogP contribution in [0.15, 0.2) is 18.2 Å². The minimum absolute atomic E-state index is 0.103. The van der Waals surface area contributed by atoms with E-state index in [-0.39, 0.29) is 16.7 Å². The van der Waals surface area contributed by atoms with Gasteiger partial charge in [0, 0.05) is 38.0 Å². The van der Waals surface area contributed by atoms with Crippen LogP contribution in [0.2, 0.25) is 0 Å². The number of hydrogen-bond acceptors (Lipinski definition) is 5. The molecule has 0 aromatic heterocycles. The lowest BCUT2D eigenvalue weighted by Gasteiger charge is -2.30. The predicted octanol–water partition coefficient (Wildman–Crippen LogP) is 1.59. The van der Waals surface area contributed by atoms with E-state index in [1.807, 2.05) is 0 Å². The first kappa shape index (κ1) is 13.8. The molecule has 6 heteroatoms. The summed E-state index contributed by atoms with van der Waals surface area (Å²) in [5.41, 5.74) is 1.89. The van der Waals surface area contributed by atoms with Gasteiger partial charge in [-0.15, -0.1) is 0 Å². The smallest absolute Gasteiger partial charge is 0.269 e. The highest BCUT2D eigenvalue weighted by Crippen LogP contribution is 2.24. The van der Waals surface area contributed by atoms with Crippen molar-refractivity contribution in [3.05, 3.63) is 33.9 Å². The second-order valence-electron chi connectivity index (χ2n) is 4.88. The molecule has 0 bridgehead atoms. The lowest BCUT2D eigenvalue weighted by Crippen LogP contribution is -2.37. The molecule has 0 radical (unpaired) electrons. The van der Waals surface area contributed by atoms with Gasteiger partial charge in [0.05, 0.1) is 11.0 Å². The van der Waals surface area contributed by atoms with E-state index < -0.39 is 0 Å². The Labute approximate surface area is 112 Å². The number of nitrogens with zero attached hydrogens (tertiary/aromatic N) is 2. The van der Waals surface area contributed by atoms with Crippen LogP contribution in [-0.4, -0.2) is 41.2 Å². The number of aliphatic hydroxyl groups is 1. The Bertz CT molecular complexity index is 464. The second-order valence-corrected chi connectivity index (χ2v) is 4.88. The highest BCUT2D eigenvalue weighted by atomic mass is 16.6. The van der Waals surface area contributed by atoms with Gasteiger partial charge < -0.3 is 10.4 Å². The molecule has 6 nitrogen and oxygen atoms in total. The van der Waals surface area contributed by atoms with Crippen LogP contribution in [0.3, 0.4) is 0 Å². The lowest BCUT2D eigenvalue weighted by atomic mass is 10.1. The van der Waals surface area contributed by atoms with Gasteiger partial charge in [-0.1, -0.05) is 0 Å². The van der Waals surface area contributed by atoms with Crippen LogP contribution >= 0.6 is 0 Å². The molecule has 2 N–H and O–H groups in total. The number of nitrogens with one attached hydrogen (secondary N) is 1. The van der Waals surface area contributed by atoms with Crippen LogP contribution < -0.4 is 5.32 Å². The number of aliphatic hydroxyl groups excluding tert-OH is 1. The Morgan fingerprint density at radius 1 is 1.58 bits per heavy atom. The summed E-state index contributed by atoms with van der Waals surface area (Å²) in [6.07, 6.45) is 1.51. The maximum absolute atomic E-state index is 10.8. The van der Waals surface area contributed by atoms with Crippen LogP contribution in [0.4, 0.5) is 11.4 Å². The van der Waals surface area contributed by atoms with Crippen LogP contribution in [-0.2, 0) is 6.54 Å². The van der Waals surface area contributed by atoms with Gasteiger partial charge in [-0.25, -0.2) is 0 Å². The highest BCUT2D eigenvalue weighted by molar-refractivity contribution is 5.55. The number of nitro benzene ring substituents is 1. The number of rotatable bonds is 4. The number of hydrogen-bond donors (Lipinski definition) is 2. The summed E-state index contributed by atoms with van der Waals surface area (Å²) in [5.74, 6) is 0.